The van der Waals surface area contributed by atoms with Crippen LogP contribution in [0.1, 0.15) is 24.3 Å². The van der Waals surface area contributed by atoms with Crippen LogP contribution in [0.3, 0.4) is 0 Å². The number of non-ortho nitro benzene ring substituents is 1. The number of hydrogen-bond donors (Lipinski definition) is 2. The maximum atomic E-state index is 12.9. The third-order valence-corrected chi connectivity index (χ3v) is 4.70. The van der Waals surface area contributed by atoms with Crippen molar-refractivity contribution in [1.29, 1.82) is 0 Å². The molecule has 1 amide bonds. The summed E-state index contributed by atoms with van der Waals surface area (Å²) in [6.07, 6.45) is 0. The SMILES string of the molecule is CC1=C(C(=O)Nc2cc(C)on2)C(c2ccc([N+](=O)[O-])cc2)NC(=S)N1C. The number of carbonyl (C=O) groups is 1. The second-order valence-corrected chi connectivity index (χ2v) is 6.45. The maximum absolute atomic E-state index is 12.9. The predicted octanol–water partition coefficient (Wildman–Crippen LogP) is 2.66. The van der Waals surface area contributed by atoms with Crippen molar-refractivity contribution < 1.29 is 14.2 Å². The summed E-state index contributed by atoms with van der Waals surface area (Å²) >= 11 is 5.34. The lowest BCUT2D eigenvalue weighted by molar-refractivity contribution is -0.384. The Balaban J connectivity index is 1.98. The van der Waals surface area contributed by atoms with Crippen molar-refractivity contribution in [1.82, 2.24) is 15.4 Å². The van der Waals surface area contributed by atoms with Crippen LogP contribution in [0.4, 0.5) is 11.5 Å². The number of nitrogens with one attached hydrogen (secondary N) is 2. The molecule has 1 unspecified atom stereocenters. The third-order valence-electron chi connectivity index (χ3n) is 4.31. The predicted molar refractivity (Wildman–Crippen MR) is 102 cm³/mol. The van der Waals surface area contributed by atoms with Gasteiger partial charge < -0.3 is 20.1 Å². The van der Waals surface area contributed by atoms with Crippen LogP contribution in [0.2, 0.25) is 0 Å². The summed E-state index contributed by atoms with van der Waals surface area (Å²) in [4.78, 5) is 25.0. The minimum Gasteiger partial charge on any atom is -0.360 e. The van der Waals surface area contributed by atoms with Crippen LogP contribution in [0, 0.1) is 17.0 Å². The van der Waals surface area contributed by atoms with Crippen LogP contribution in [0.15, 0.2) is 46.1 Å². The van der Waals surface area contributed by atoms with Crippen LogP contribution in [0.5, 0.6) is 0 Å². The molecule has 0 fully saturated rings. The minimum absolute atomic E-state index is 0.0287. The highest BCUT2D eigenvalue weighted by atomic mass is 32.1. The van der Waals surface area contributed by atoms with Gasteiger partial charge in [-0.1, -0.05) is 5.16 Å². The summed E-state index contributed by atoms with van der Waals surface area (Å²) in [6.45, 7) is 3.51. The molecule has 2 aromatic rings. The molecule has 1 aliphatic rings. The highest BCUT2D eigenvalue weighted by molar-refractivity contribution is 7.80. The summed E-state index contributed by atoms with van der Waals surface area (Å²) in [5.74, 6) is 0.505. The topological polar surface area (TPSA) is 114 Å². The Morgan fingerprint density at radius 3 is 2.59 bits per heavy atom. The third kappa shape index (κ3) is 3.65. The first-order chi connectivity index (χ1) is 12.8. The number of nitrogens with zero attached hydrogens (tertiary/aromatic N) is 3. The van der Waals surface area contributed by atoms with E-state index in [1.807, 2.05) is 0 Å². The number of aryl methyl sites for hydroxylation is 1. The standard InChI is InChI=1S/C17H17N5O4S/c1-9-8-13(20-26-9)18-16(23)14-10(2)21(3)17(27)19-15(14)11-4-6-12(7-5-11)22(24)25/h4-8,15H,1-3H3,(H,19,27)(H,18,20,23). The molecule has 140 valence electrons. The Morgan fingerprint density at radius 1 is 1.37 bits per heavy atom. The zero-order valence-electron chi connectivity index (χ0n) is 14.8. The van der Waals surface area contributed by atoms with Crippen molar-refractivity contribution in [2.75, 3.05) is 12.4 Å². The van der Waals surface area contributed by atoms with E-state index < -0.39 is 11.0 Å². The second kappa shape index (κ2) is 7.16. The Hall–Kier alpha value is -3.27. The number of anilines is 1. The molecule has 0 radical (unpaired) electrons. The van der Waals surface area contributed by atoms with Crippen LogP contribution in [0.25, 0.3) is 0 Å². The van der Waals surface area contributed by atoms with E-state index in [1.54, 1.807) is 44.0 Å². The average molecular weight is 387 g/mol. The molecule has 2 N–H and O–H groups in total. The van der Waals surface area contributed by atoms with Crippen LogP contribution >= 0.6 is 12.2 Å². The molecule has 2 heterocycles. The Bertz CT molecular complexity index is 950. The number of aromatic nitrogens is 1. The molecule has 10 heteroatoms. The summed E-state index contributed by atoms with van der Waals surface area (Å²) in [6, 6.07) is 7.05. The van der Waals surface area contributed by atoms with Gasteiger partial charge in [-0.2, -0.15) is 0 Å². The van der Waals surface area contributed by atoms with Crippen molar-refractivity contribution in [2.24, 2.45) is 0 Å². The van der Waals surface area contributed by atoms with E-state index in [9.17, 15) is 14.9 Å². The molecule has 0 aliphatic carbocycles. The number of allylic oxidation sites excluding steroid dienone is 1. The Kier molecular flexibility index (Phi) is 4.91. The monoisotopic (exact) mass is 387 g/mol. The fourth-order valence-corrected chi connectivity index (χ4v) is 3.03. The lowest BCUT2D eigenvalue weighted by Crippen LogP contribution is -2.46. The molecule has 1 aromatic carbocycles. The average Bonchev–Trinajstić information content (AvgIpc) is 3.04. The summed E-state index contributed by atoms with van der Waals surface area (Å²) in [5.41, 5.74) is 1.75. The van der Waals surface area contributed by atoms with Gasteiger partial charge in [-0.3, -0.25) is 14.9 Å². The van der Waals surface area contributed by atoms with Crippen molar-refractivity contribution in [3.05, 3.63) is 63.0 Å². The fourth-order valence-electron chi connectivity index (χ4n) is 2.78. The largest absolute Gasteiger partial charge is 0.360 e. The van der Waals surface area contributed by atoms with Crippen molar-refractivity contribution in [3.8, 4) is 0 Å². The van der Waals surface area contributed by atoms with E-state index in [0.717, 1.165) is 0 Å². The Morgan fingerprint density at radius 2 is 2.04 bits per heavy atom. The van der Waals surface area contributed by atoms with Gasteiger partial charge in [0.2, 0.25) is 0 Å². The molecule has 0 bridgehead atoms. The maximum Gasteiger partial charge on any atom is 0.269 e. The molecule has 9 nitrogen and oxygen atoms in total. The number of nitro groups is 1. The smallest absolute Gasteiger partial charge is 0.269 e. The number of hydrogen-bond acceptors (Lipinski definition) is 6. The normalized spacial score (nSPS) is 16.9. The van der Waals surface area contributed by atoms with Crippen LogP contribution < -0.4 is 10.6 Å². The summed E-state index contributed by atoms with van der Waals surface area (Å²) < 4.78 is 4.97. The fraction of sp³-hybridized carbons (Fsp3) is 0.235. The van der Waals surface area contributed by atoms with Gasteiger partial charge in [0.05, 0.1) is 16.5 Å². The number of amides is 1. The first kappa shape index (κ1) is 18.5. The van der Waals surface area contributed by atoms with E-state index in [1.165, 1.54) is 12.1 Å². The zero-order chi connectivity index (χ0) is 19.7. The van der Waals surface area contributed by atoms with Crippen molar-refractivity contribution in [3.63, 3.8) is 0 Å². The van der Waals surface area contributed by atoms with Gasteiger partial charge in [0, 0.05) is 30.9 Å². The van der Waals surface area contributed by atoms with E-state index in [0.29, 0.717) is 33.5 Å². The molecular formula is C17H17N5O4S. The zero-order valence-corrected chi connectivity index (χ0v) is 15.7. The number of carbonyl (C=O) groups excluding carboxylic acids is 1. The molecule has 27 heavy (non-hydrogen) atoms. The van der Waals surface area contributed by atoms with E-state index in [4.69, 9.17) is 16.7 Å². The van der Waals surface area contributed by atoms with Gasteiger partial charge in [-0.25, -0.2) is 0 Å². The van der Waals surface area contributed by atoms with Gasteiger partial charge in [0.1, 0.15) is 5.76 Å². The number of benzene rings is 1. The molecule has 1 aliphatic heterocycles. The first-order valence-electron chi connectivity index (χ1n) is 8.02. The minimum atomic E-state index is -0.553. The van der Waals surface area contributed by atoms with Gasteiger partial charge in [-0.15, -0.1) is 0 Å². The highest BCUT2D eigenvalue weighted by Gasteiger charge is 2.33. The second-order valence-electron chi connectivity index (χ2n) is 6.07. The van der Waals surface area contributed by atoms with E-state index in [-0.39, 0.29) is 11.6 Å². The molecule has 0 spiro atoms. The highest BCUT2D eigenvalue weighted by Crippen LogP contribution is 2.31. The first-order valence-corrected chi connectivity index (χ1v) is 8.42. The molecule has 0 saturated carbocycles. The lowest BCUT2D eigenvalue weighted by atomic mass is 9.94. The van der Waals surface area contributed by atoms with Gasteiger partial charge in [0.15, 0.2) is 10.9 Å². The summed E-state index contributed by atoms with van der Waals surface area (Å²) in [5, 5.41) is 20.9. The molecule has 0 saturated heterocycles. The van der Waals surface area contributed by atoms with Crippen LogP contribution in [-0.4, -0.2) is 33.0 Å². The molecular weight excluding hydrogens is 370 g/mol. The Labute approximate surface area is 160 Å². The molecule has 1 aromatic heterocycles. The summed E-state index contributed by atoms with van der Waals surface area (Å²) in [7, 11) is 1.75. The number of thiocarbonyl (C=S) groups is 1. The lowest BCUT2D eigenvalue weighted by Gasteiger charge is -2.35. The van der Waals surface area contributed by atoms with Gasteiger partial charge in [-0.05, 0) is 43.8 Å². The van der Waals surface area contributed by atoms with Gasteiger partial charge in [0.25, 0.3) is 11.6 Å². The van der Waals surface area contributed by atoms with E-state index >= 15 is 0 Å². The molecule has 1 atom stereocenters. The van der Waals surface area contributed by atoms with Crippen molar-refractivity contribution >= 4 is 34.7 Å². The number of nitro benzene ring substituents is 1. The van der Waals surface area contributed by atoms with Crippen LogP contribution in [-0.2, 0) is 4.79 Å². The molecule has 3 rings (SSSR count). The van der Waals surface area contributed by atoms with Crippen molar-refractivity contribution in [2.45, 2.75) is 19.9 Å². The number of rotatable bonds is 4. The van der Waals surface area contributed by atoms with Gasteiger partial charge >= 0.3 is 0 Å². The quantitative estimate of drug-likeness (QED) is 0.468. The van der Waals surface area contributed by atoms with E-state index in [2.05, 4.69) is 15.8 Å².